The highest BCUT2D eigenvalue weighted by Gasteiger charge is 2.06. The van der Waals surface area contributed by atoms with Crippen LogP contribution in [-0.4, -0.2) is 0 Å². The summed E-state index contributed by atoms with van der Waals surface area (Å²) in [5, 5.41) is 0. The number of hydrogen-bond donors (Lipinski definition) is 0. The molecule has 0 saturated carbocycles. The van der Waals surface area contributed by atoms with Gasteiger partial charge in [-0.25, -0.2) is 0 Å². The van der Waals surface area contributed by atoms with Gasteiger partial charge in [0.25, 0.3) is 0 Å². The van der Waals surface area contributed by atoms with Gasteiger partial charge in [-0.1, -0.05) is 62.4 Å². The topological polar surface area (TPSA) is 0 Å². The zero-order chi connectivity index (χ0) is 13.0. The molecule has 18 heavy (non-hydrogen) atoms. The summed E-state index contributed by atoms with van der Waals surface area (Å²) in [6.07, 6.45) is 3.21. The summed E-state index contributed by atoms with van der Waals surface area (Å²) in [5.74, 6) is 0.544. The van der Waals surface area contributed by atoms with Crippen molar-refractivity contribution in [3.05, 3.63) is 84.1 Å². The average molecular weight is 236 g/mol. The predicted octanol–water partition coefficient (Wildman–Crippen LogP) is 4.79. The van der Waals surface area contributed by atoms with E-state index in [2.05, 4.69) is 75.7 Å². The molecule has 0 aliphatic rings. The second-order valence-corrected chi connectivity index (χ2v) is 4.88. The molecule has 0 amide bonds. The highest BCUT2D eigenvalue weighted by atomic mass is 14.1. The van der Waals surface area contributed by atoms with Gasteiger partial charge in [-0.05, 0) is 47.9 Å². The first-order valence-corrected chi connectivity index (χ1v) is 6.49. The molecule has 2 rings (SSSR count). The molecular weight excluding hydrogens is 216 g/mol. The number of hydrogen-bond acceptors (Lipinski definition) is 0. The standard InChI is InChI=1S/C18H20/c1-4-16-7-9-17(10-8-16)13-15(3)18-11-5-14(2)6-12-18/h4-12,15H,2,13H2,1,3H3. The van der Waals surface area contributed by atoms with Crippen LogP contribution in [0, 0.1) is 13.3 Å². The Morgan fingerprint density at radius 1 is 1.00 bits per heavy atom. The Morgan fingerprint density at radius 2 is 1.61 bits per heavy atom. The third-order valence-corrected chi connectivity index (χ3v) is 3.40. The van der Waals surface area contributed by atoms with Crippen molar-refractivity contribution >= 4 is 0 Å². The molecule has 92 valence electrons. The summed E-state index contributed by atoms with van der Waals surface area (Å²) in [4.78, 5) is 0. The maximum atomic E-state index is 3.92. The molecule has 2 radical (unpaired) electrons. The molecule has 2 aromatic carbocycles. The van der Waals surface area contributed by atoms with Crippen LogP contribution in [0.3, 0.4) is 0 Å². The minimum atomic E-state index is 0.544. The van der Waals surface area contributed by atoms with E-state index in [0.717, 1.165) is 12.0 Å². The van der Waals surface area contributed by atoms with Crippen molar-refractivity contribution in [1.82, 2.24) is 0 Å². The molecule has 0 fully saturated rings. The molecule has 0 heteroatoms. The van der Waals surface area contributed by atoms with E-state index in [1.165, 1.54) is 16.7 Å². The van der Waals surface area contributed by atoms with Crippen LogP contribution >= 0.6 is 0 Å². The minimum absolute atomic E-state index is 0.544. The first kappa shape index (κ1) is 12.9. The molecule has 0 aromatic heterocycles. The third kappa shape index (κ3) is 3.22. The lowest BCUT2D eigenvalue weighted by Crippen LogP contribution is -1.98. The number of benzene rings is 2. The lowest BCUT2D eigenvalue weighted by atomic mass is 9.93. The summed E-state index contributed by atoms with van der Waals surface area (Å²) >= 11 is 0. The van der Waals surface area contributed by atoms with Gasteiger partial charge in [-0.15, -0.1) is 0 Å². The maximum absolute atomic E-state index is 3.92. The Labute approximate surface area is 111 Å². The van der Waals surface area contributed by atoms with Crippen LogP contribution < -0.4 is 0 Å². The normalized spacial score (nSPS) is 12.4. The van der Waals surface area contributed by atoms with Gasteiger partial charge in [-0.2, -0.15) is 0 Å². The largest absolute Gasteiger partial charge is 0.0587 e. The van der Waals surface area contributed by atoms with Gasteiger partial charge < -0.3 is 0 Å². The summed E-state index contributed by atoms with van der Waals surface area (Å²) in [5.41, 5.74) is 5.14. The summed E-state index contributed by atoms with van der Waals surface area (Å²) < 4.78 is 0. The molecule has 1 unspecified atom stereocenters. The summed E-state index contributed by atoms with van der Waals surface area (Å²) in [6.45, 7) is 8.26. The van der Waals surface area contributed by atoms with E-state index in [9.17, 15) is 0 Å². The fourth-order valence-corrected chi connectivity index (χ4v) is 2.16. The molecule has 0 bridgehead atoms. The lowest BCUT2D eigenvalue weighted by molar-refractivity contribution is 0.759. The second kappa shape index (κ2) is 5.86. The van der Waals surface area contributed by atoms with E-state index in [1.54, 1.807) is 0 Å². The van der Waals surface area contributed by atoms with Crippen molar-refractivity contribution in [1.29, 1.82) is 0 Å². The van der Waals surface area contributed by atoms with Crippen molar-refractivity contribution in [2.24, 2.45) is 0 Å². The van der Waals surface area contributed by atoms with Gasteiger partial charge in [-0.3, -0.25) is 0 Å². The fourth-order valence-electron chi connectivity index (χ4n) is 2.16. The van der Waals surface area contributed by atoms with Crippen LogP contribution in [0.2, 0.25) is 0 Å². The Bertz CT molecular complexity index is 476. The third-order valence-electron chi connectivity index (χ3n) is 3.40. The first-order valence-electron chi connectivity index (χ1n) is 6.49. The molecule has 1 atom stereocenters. The lowest BCUT2D eigenvalue weighted by Gasteiger charge is -2.12. The van der Waals surface area contributed by atoms with E-state index in [1.807, 2.05) is 0 Å². The van der Waals surface area contributed by atoms with Gasteiger partial charge in [0.05, 0.1) is 0 Å². The highest BCUT2D eigenvalue weighted by Crippen LogP contribution is 2.21. The van der Waals surface area contributed by atoms with Gasteiger partial charge >= 0.3 is 0 Å². The van der Waals surface area contributed by atoms with E-state index in [-0.39, 0.29) is 0 Å². The molecule has 0 N–H and O–H groups in total. The monoisotopic (exact) mass is 236 g/mol. The SMILES string of the molecule is [CH2]c1ccc(C(C)Cc2ccc([CH]C)cc2)cc1. The molecule has 2 aromatic rings. The quantitative estimate of drug-likeness (QED) is 0.716. The van der Waals surface area contributed by atoms with Gasteiger partial charge in [0.2, 0.25) is 0 Å². The molecule has 0 nitrogen and oxygen atoms in total. The van der Waals surface area contributed by atoms with Gasteiger partial charge in [0.1, 0.15) is 0 Å². The Morgan fingerprint density at radius 3 is 2.17 bits per heavy atom. The molecule has 0 saturated heterocycles. The van der Waals surface area contributed by atoms with E-state index >= 15 is 0 Å². The Kier molecular flexibility index (Phi) is 4.19. The minimum Gasteiger partial charge on any atom is -0.0587 e. The van der Waals surface area contributed by atoms with Crippen LogP contribution in [0.1, 0.15) is 42.0 Å². The van der Waals surface area contributed by atoms with Gasteiger partial charge in [0.15, 0.2) is 0 Å². The zero-order valence-electron chi connectivity index (χ0n) is 11.2. The van der Waals surface area contributed by atoms with Crippen LogP contribution in [0.25, 0.3) is 0 Å². The van der Waals surface area contributed by atoms with Crippen molar-refractivity contribution in [3.63, 3.8) is 0 Å². The van der Waals surface area contributed by atoms with Crippen molar-refractivity contribution in [2.45, 2.75) is 26.2 Å². The maximum Gasteiger partial charge on any atom is -0.0124 e. The van der Waals surface area contributed by atoms with Crippen LogP contribution in [0.4, 0.5) is 0 Å². The molecule has 0 aliphatic heterocycles. The predicted molar refractivity (Wildman–Crippen MR) is 78.5 cm³/mol. The van der Waals surface area contributed by atoms with E-state index in [4.69, 9.17) is 0 Å². The van der Waals surface area contributed by atoms with Crippen molar-refractivity contribution in [2.75, 3.05) is 0 Å². The highest BCUT2D eigenvalue weighted by molar-refractivity contribution is 5.30. The Hall–Kier alpha value is -1.56. The molecule has 0 heterocycles. The van der Waals surface area contributed by atoms with Crippen LogP contribution in [0.15, 0.2) is 48.5 Å². The molecule has 0 aliphatic carbocycles. The Balaban J connectivity index is 2.05. The smallest absolute Gasteiger partial charge is 0.0124 e. The fraction of sp³-hybridized carbons (Fsp3) is 0.222. The zero-order valence-corrected chi connectivity index (χ0v) is 11.2. The van der Waals surface area contributed by atoms with E-state index in [0.29, 0.717) is 5.92 Å². The van der Waals surface area contributed by atoms with Crippen LogP contribution in [-0.2, 0) is 6.42 Å². The van der Waals surface area contributed by atoms with Crippen molar-refractivity contribution in [3.8, 4) is 0 Å². The van der Waals surface area contributed by atoms with E-state index < -0.39 is 0 Å². The van der Waals surface area contributed by atoms with Crippen LogP contribution in [0.5, 0.6) is 0 Å². The summed E-state index contributed by atoms with van der Waals surface area (Å²) in [6, 6.07) is 17.3. The molecular formula is C18H20. The second-order valence-electron chi connectivity index (χ2n) is 4.88. The van der Waals surface area contributed by atoms with Gasteiger partial charge in [0, 0.05) is 0 Å². The van der Waals surface area contributed by atoms with Crippen molar-refractivity contribution < 1.29 is 0 Å². The first-order chi connectivity index (χ1) is 8.69. The summed E-state index contributed by atoms with van der Waals surface area (Å²) in [7, 11) is 0. The average Bonchev–Trinajstić information content (AvgIpc) is 2.40. The molecule has 0 spiro atoms. The number of rotatable bonds is 4.